The highest BCUT2D eigenvalue weighted by molar-refractivity contribution is 9.10. The van der Waals surface area contributed by atoms with E-state index >= 15 is 0 Å². The Hall–Kier alpha value is -1.93. The van der Waals surface area contributed by atoms with Gasteiger partial charge in [0.05, 0.1) is 15.9 Å². The van der Waals surface area contributed by atoms with E-state index in [0.29, 0.717) is 12.1 Å². The standard InChI is InChI=1S/C16H17BrN2O4S/c1-3-14(11-4-6-12(17)7-5-11)18-15-9-8-13(24(2,22)23)10-16(15)19(20)21/h4-10,14,18H,3H2,1-2H3/t14-/m0/s1. The van der Waals surface area contributed by atoms with Gasteiger partial charge in [-0.2, -0.15) is 0 Å². The van der Waals surface area contributed by atoms with E-state index in [4.69, 9.17) is 0 Å². The van der Waals surface area contributed by atoms with E-state index in [-0.39, 0.29) is 16.6 Å². The number of nitrogens with zero attached hydrogens (tertiary/aromatic N) is 1. The third kappa shape index (κ3) is 4.33. The number of sulfone groups is 1. The summed E-state index contributed by atoms with van der Waals surface area (Å²) in [5.41, 5.74) is 1.03. The molecule has 2 rings (SSSR count). The van der Waals surface area contributed by atoms with Gasteiger partial charge in [0.25, 0.3) is 5.69 Å². The van der Waals surface area contributed by atoms with Crippen molar-refractivity contribution in [3.8, 4) is 0 Å². The Bertz CT molecular complexity index is 851. The first-order valence-corrected chi connectivity index (χ1v) is 9.91. The van der Waals surface area contributed by atoms with Gasteiger partial charge < -0.3 is 5.32 Å². The van der Waals surface area contributed by atoms with Crippen LogP contribution in [0.1, 0.15) is 24.9 Å². The number of hydrogen-bond acceptors (Lipinski definition) is 5. The number of halogens is 1. The smallest absolute Gasteiger partial charge is 0.293 e. The lowest BCUT2D eigenvalue weighted by atomic mass is 10.0. The molecule has 0 saturated carbocycles. The van der Waals surface area contributed by atoms with E-state index in [0.717, 1.165) is 22.4 Å². The second-order valence-corrected chi connectivity index (χ2v) is 8.30. The molecule has 0 unspecified atom stereocenters. The van der Waals surface area contributed by atoms with Crippen LogP contribution in [-0.4, -0.2) is 19.6 Å². The third-order valence-electron chi connectivity index (χ3n) is 3.60. The number of nitrogens with one attached hydrogen (secondary N) is 1. The van der Waals surface area contributed by atoms with E-state index in [2.05, 4.69) is 21.2 Å². The summed E-state index contributed by atoms with van der Waals surface area (Å²) >= 11 is 3.37. The molecule has 0 aliphatic rings. The molecule has 0 aliphatic carbocycles. The number of rotatable bonds is 6. The van der Waals surface area contributed by atoms with Crippen molar-refractivity contribution in [1.29, 1.82) is 0 Å². The van der Waals surface area contributed by atoms with E-state index in [1.54, 1.807) is 0 Å². The molecule has 0 heterocycles. The molecule has 0 fully saturated rings. The topological polar surface area (TPSA) is 89.3 Å². The van der Waals surface area contributed by atoms with Crippen LogP contribution in [0, 0.1) is 10.1 Å². The van der Waals surface area contributed by atoms with Crippen LogP contribution >= 0.6 is 15.9 Å². The Labute approximate surface area is 149 Å². The molecule has 0 amide bonds. The normalized spacial score (nSPS) is 12.6. The summed E-state index contributed by atoms with van der Waals surface area (Å²) in [6, 6.07) is 11.5. The molecular formula is C16H17BrN2O4S. The highest BCUT2D eigenvalue weighted by Gasteiger charge is 2.21. The number of hydrogen-bond donors (Lipinski definition) is 1. The predicted molar refractivity (Wildman–Crippen MR) is 97.0 cm³/mol. The quantitative estimate of drug-likeness (QED) is 0.563. The molecule has 0 aliphatic heterocycles. The number of nitro groups is 1. The maximum absolute atomic E-state index is 11.6. The van der Waals surface area contributed by atoms with E-state index in [1.165, 1.54) is 12.1 Å². The van der Waals surface area contributed by atoms with Crippen molar-refractivity contribution in [3.63, 3.8) is 0 Å². The highest BCUT2D eigenvalue weighted by atomic mass is 79.9. The lowest BCUT2D eigenvalue weighted by molar-refractivity contribution is -0.384. The van der Waals surface area contributed by atoms with Gasteiger partial charge >= 0.3 is 0 Å². The summed E-state index contributed by atoms with van der Waals surface area (Å²) in [6.07, 6.45) is 1.74. The molecule has 2 aromatic rings. The molecular weight excluding hydrogens is 396 g/mol. The second-order valence-electron chi connectivity index (χ2n) is 5.36. The van der Waals surface area contributed by atoms with Crippen molar-refractivity contribution >= 4 is 37.1 Å². The van der Waals surface area contributed by atoms with Gasteiger partial charge in [0.1, 0.15) is 5.69 Å². The van der Waals surface area contributed by atoms with Crippen LogP contribution in [0.15, 0.2) is 51.8 Å². The first kappa shape index (κ1) is 18.4. The molecule has 0 bridgehead atoms. The molecule has 6 nitrogen and oxygen atoms in total. The Morgan fingerprint density at radius 1 is 1.21 bits per heavy atom. The van der Waals surface area contributed by atoms with E-state index < -0.39 is 14.8 Å². The molecule has 1 N–H and O–H groups in total. The fourth-order valence-corrected chi connectivity index (χ4v) is 3.22. The SMILES string of the molecule is CC[C@H](Nc1ccc(S(C)(=O)=O)cc1[N+](=O)[O-])c1ccc(Br)cc1. The molecule has 8 heteroatoms. The average molecular weight is 413 g/mol. The first-order chi connectivity index (χ1) is 11.2. The van der Waals surface area contributed by atoms with Gasteiger partial charge in [-0.15, -0.1) is 0 Å². The first-order valence-electron chi connectivity index (χ1n) is 7.23. The average Bonchev–Trinajstić information content (AvgIpc) is 2.52. The Kier molecular flexibility index (Phi) is 5.61. The van der Waals surface area contributed by atoms with Gasteiger partial charge in [0, 0.05) is 16.8 Å². The van der Waals surface area contributed by atoms with Crippen molar-refractivity contribution < 1.29 is 13.3 Å². The highest BCUT2D eigenvalue weighted by Crippen LogP contribution is 2.32. The summed E-state index contributed by atoms with van der Waals surface area (Å²) in [5.74, 6) is 0. The molecule has 0 saturated heterocycles. The molecule has 0 radical (unpaired) electrons. The molecule has 2 aromatic carbocycles. The maximum atomic E-state index is 11.6. The van der Waals surface area contributed by atoms with Gasteiger partial charge in [-0.3, -0.25) is 10.1 Å². The molecule has 0 aromatic heterocycles. The molecule has 0 spiro atoms. The van der Waals surface area contributed by atoms with Crippen LogP contribution < -0.4 is 5.32 Å². The number of anilines is 1. The Morgan fingerprint density at radius 2 is 1.83 bits per heavy atom. The van der Waals surface area contributed by atoms with Crippen LogP contribution in [0.5, 0.6) is 0 Å². The van der Waals surface area contributed by atoms with Gasteiger partial charge in [0.2, 0.25) is 0 Å². The summed E-state index contributed by atoms with van der Waals surface area (Å²) in [5, 5.41) is 14.5. The summed E-state index contributed by atoms with van der Waals surface area (Å²) in [7, 11) is -3.50. The maximum Gasteiger partial charge on any atom is 0.293 e. The summed E-state index contributed by atoms with van der Waals surface area (Å²) < 4.78 is 24.2. The fourth-order valence-electron chi connectivity index (χ4n) is 2.32. The summed E-state index contributed by atoms with van der Waals surface area (Å²) in [4.78, 5) is 10.7. The van der Waals surface area contributed by atoms with Crippen LogP contribution in [0.2, 0.25) is 0 Å². The largest absolute Gasteiger partial charge is 0.373 e. The van der Waals surface area contributed by atoms with Crippen LogP contribution in [0.3, 0.4) is 0 Å². The third-order valence-corrected chi connectivity index (χ3v) is 5.24. The van der Waals surface area contributed by atoms with Crippen LogP contribution in [-0.2, 0) is 9.84 Å². The lowest BCUT2D eigenvalue weighted by Gasteiger charge is -2.19. The van der Waals surface area contributed by atoms with Gasteiger partial charge in [0.15, 0.2) is 9.84 Å². The molecule has 24 heavy (non-hydrogen) atoms. The Morgan fingerprint density at radius 3 is 2.33 bits per heavy atom. The zero-order valence-corrected chi connectivity index (χ0v) is 15.6. The minimum Gasteiger partial charge on any atom is -0.373 e. The van der Waals surface area contributed by atoms with E-state index in [9.17, 15) is 18.5 Å². The number of nitro benzene ring substituents is 1. The van der Waals surface area contributed by atoms with Gasteiger partial charge in [-0.1, -0.05) is 35.0 Å². The monoisotopic (exact) mass is 412 g/mol. The second kappa shape index (κ2) is 7.31. The minimum atomic E-state index is -3.50. The van der Waals surface area contributed by atoms with Crippen molar-refractivity contribution in [2.45, 2.75) is 24.3 Å². The zero-order valence-electron chi connectivity index (χ0n) is 13.2. The minimum absolute atomic E-state index is 0.0727. The van der Waals surface area contributed by atoms with Gasteiger partial charge in [-0.05, 0) is 36.2 Å². The van der Waals surface area contributed by atoms with E-state index in [1.807, 2.05) is 31.2 Å². The fraction of sp³-hybridized carbons (Fsp3) is 0.250. The lowest BCUT2D eigenvalue weighted by Crippen LogP contribution is -2.11. The zero-order chi connectivity index (χ0) is 17.9. The van der Waals surface area contributed by atoms with Crippen LogP contribution in [0.4, 0.5) is 11.4 Å². The van der Waals surface area contributed by atoms with Crippen molar-refractivity contribution in [3.05, 3.63) is 62.6 Å². The van der Waals surface area contributed by atoms with Crippen molar-refractivity contribution in [2.24, 2.45) is 0 Å². The Balaban J connectivity index is 2.40. The van der Waals surface area contributed by atoms with Crippen molar-refractivity contribution in [2.75, 3.05) is 11.6 Å². The van der Waals surface area contributed by atoms with Crippen LogP contribution in [0.25, 0.3) is 0 Å². The molecule has 1 atom stereocenters. The summed E-state index contributed by atoms with van der Waals surface area (Å²) in [6.45, 7) is 1.97. The number of benzene rings is 2. The predicted octanol–water partition coefficient (Wildman–Crippen LogP) is 4.32. The van der Waals surface area contributed by atoms with Gasteiger partial charge in [-0.25, -0.2) is 8.42 Å². The molecule has 128 valence electrons. The van der Waals surface area contributed by atoms with Crippen molar-refractivity contribution in [1.82, 2.24) is 0 Å².